The molecule has 0 unspecified atom stereocenters. The van der Waals surface area contributed by atoms with Gasteiger partial charge in [0.25, 0.3) is 0 Å². The van der Waals surface area contributed by atoms with E-state index >= 15 is 0 Å². The van der Waals surface area contributed by atoms with E-state index in [0.29, 0.717) is 13.2 Å². The highest BCUT2D eigenvalue weighted by Crippen LogP contribution is 2.22. The van der Waals surface area contributed by atoms with Gasteiger partial charge in [0.15, 0.2) is 5.79 Å². The molecule has 0 atom stereocenters. The molecule has 1 aliphatic rings. The average Bonchev–Trinajstić information content (AvgIpc) is 2.64. The molecule has 0 spiro atoms. The lowest BCUT2D eigenvalue weighted by Gasteiger charge is -2.22. The highest BCUT2D eigenvalue weighted by molar-refractivity contribution is 5.35. The van der Waals surface area contributed by atoms with Gasteiger partial charge in [-0.2, -0.15) is 0 Å². The molecule has 0 bridgehead atoms. The molecule has 0 saturated carbocycles. The Bertz CT molecular complexity index is 369. The first-order valence-corrected chi connectivity index (χ1v) is 5.91. The topological polar surface area (TPSA) is 56.3 Å². The van der Waals surface area contributed by atoms with Crippen LogP contribution in [0.4, 0.5) is 5.82 Å². The van der Waals surface area contributed by atoms with Crippen molar-refractivity contribution in [2.75, 3.05) is 25.1 Å². The third kappa shape index (κ3) is 3.38. The summed E-state index contributed by atoms with van der Waals surface area (Å²) in [6.07, 6.45) is 0.801. The van der Waals surface area contributed by atoms with Gasteiger partial charge in [0.2, 0.25) is 0 Å². The second-order valence-electron chi connectivity index (χ2n) is 4.45. The molecule has 94 valence electrons. The summed E-state index contributed by atoms with van der Waals surface area (Å²) in [7, 11) is 0. The Morgan fingerprint density at radius 2 is 2.00 bits per heavy atom. The van der Waals surface area contributed by atoms with Crippen LogP contribution < -0.4 is 5.32 Å². The molecule has 1 N–H and O–H groups in total. The maximum atomic E-state index is 5.53. The van der Waals surface area contributed by atoms with E-state index in [2.05, 4.69) is 15.3 Å². The van der Waals surface area contributed by atoms with Crippen molar-refractivity contribution in [2.45, 2.75) is 33.0 Å². The summed E-state index contributed by atoms with van der Waals surface area (Å²) in [6, 6.07) is 1.94. The van der Waals surface area contributed by atoms with Crippen molar-refractivity contribution in [3.8, 4) is 0 Å². The van der Waals surface area contributed by atoms with Crippen molar-refractivity contribution in [3.05, 3.63) is 17.6 Å². The molecular weight excluding hydrogens is 218 g/mol. The number of nitrogens with zero attached hydrogens (tertiary/aromatic N) is 2. The third-order valence-corrected chi connectivity index (χ3v) is 2.75. The molecule has 1 aromatic heterocycles. The standard InChI is InChI=1S/C12H19N3O2/c1-9-8-11(15-10(2)14-9)13-5-4-12(3)16-6-7-17-12/h8H,4-7H2,1-3H3,(H,13,14,15). The molecular formula is C12H19N3O2. The molecule has 0 aliphatic carbocycles. The van der Waals surface area contributed by atoms with E-state index in [4.69, 9.17) is 9.47 Å². The minimum Gasteiger partial charge on any atom is -0.370 e. The monoisotopic (exact) mass is 237 g/mol. The van der Waals surface area contributed by atoms with E-state index in [9.17, 15) is 0 Å². The second-order valence-corrected chi connectivity index (χ2v) is 4.45. The Balaban J connectivity index is 1.85. The van der Waals surface area contributed by atoms with Gasteiger partial charge >= 0.3 is 0 Å². The highest BCUT2D eigenvalue weighted by atomic mass is 16.7. The van der Waals surface area contributed by atoms with Crippen LogP contribution >= 0.6 is 0 Å². The first-order valence-electron chi connectivity index (χ1n) is 5.91. The third-order valence-electron chi connectivity index (χ3n) is 2.75. The first-order chi connectivity index (χ1) is 8.07. The summed E-state index contributed by atoms with van der Waals surface area (Å²) in [5, 5.41) is 3.27. The molecule has 2 rings (SSSR count). The molecule has 1 saturated heterocycles. The zero-order valence-electron chi connectivity index (χ0n) is 10.6. The molecule has 1 fully saturated rings. The van der Waals surface area contributed by atoms with Crippen molar-refractivity contribution in [3.63, 3.8) is 0 Å². The van der Waals surface area contributed by atoms with Crippen LogP contribution in [0.25, 0.3) is 0 Å². The lowest BCUT2D eigenvalue weighted by molar-refractivity contribution is -0.144. The minimum absolute atomic E-state index is 0.440. The predicted molar refractivity (Wildman–Crippen MR) is 64.9 cm³/mol. The van der Waals surface area contributed by atoms with Crippen molar-refractivity contribution in [1.29, 1.82) is 0 Å². The molecule has 1 aromatic rings. The van der Waals surface area contributed by atoms with E-state index in [0.717, 1.165) is 30.3 Å². The van der Waals surface area contributed by atoms with Crippen LogP contribution in [0.2, 0.25) is 0 Å². The quantitative estimate of drug-likeness (QED) is 0.863. The lowest BCUT2D eigenvalue weighted by Crippen LogP contribution is -2.28. The summed E-state index contributed by atoms with van der Waals surface area (Å²) in [6.45, 7) is 7.96. The molecule has 5 nitrogen and oxygen atoms in total. The van der Waals surface area contributed by atoms with Gasteiger partial charge in [0.05, 0.1) is 13.2 Å². The van der Waals surface area contributed by atoms with E-state index < -0.39 is 5.79 Å². The number of aryl methyl sites for hydroxylation is 2. The van der Waals surface area contributed by atoms with Gasteiger partial charge in [0.1, 0.15) is 11.6 Å². The number of hydrogen-bond donors (Lipinski definition) is 1. The van der Waals surface area contributed by atoms with Crippen LogP contribution in [0.1, 0.15) is 24.9 Å². The number of anilines is 1. The van der Waals surface area contributed by atoms with Gasteiger partial charge in [-0.15, -0.1) is 0 Å². The van der Waals surface area contributed by atoms with Crippen LogP contribution in [0.3, 0.4) is 0 Å². The molecule has 1 aliphatic heterocycles. The summed E-state index contributed by atoms with van der Waals surface area (Å²) in [5.41, 5.74) is 0.972. The number of nitrogens with one attached hydrogen (secondary N) is 1. The van der Waals surface area contributed by atoms with Crippen LogP contribution in [-0.2, 0) is 9.47 Å². The molecule has 5 heteroatoms. The number of aromatic nitrogens is 2. The predicted octanol–water partition coefficient (Wildman–Crippen LogP) is 1.66. The summed E-state index contributed by atoms with van der Waals surface area (Å²) in [4.78, 5) is 8.55. The smallest absolute Gasteiger partial charge is 0.167 e. The fourth-order valence-electron chi connectivity index (χ4n) is 1.93. The minimum atomic E-state index is -0.440. The van der Waals surface area contributed by atoms with Gasteiger partial charge < -0.3 is 14.8 Å². The Kier molecular flexibility index (Phi) is 3.59. The van der Waals surface area contributed by atoms with Crippen molar-refractivity contribution < 1.29 is 9.47 Å². The van der Waals surface area contributed by atoms with Crippen molar-refractivity contribution in [2.24, 2.45) is 0 Å². The second kappa shape index (κ2) is 4.98. The van der Waals surface area contributed by atoms with Crippen LogP contribution in [0.5, 0.6) is 0 Å². The van der Waals surface area contributed by atoms with Gasteiger partial charge in [-0.1, -0.05) is 0 Å². The maximum Gasteiger partial charge on any atom is 0.167 e. The molecule has 17 heavy (non-hydrogen) atoms. The van der Waals surface area contributed by atoms with Crippen LogP contribution in [0, 0.1) is 13.8 Å². The number of hydrogen-bond acceptors (Lipinski definition) is 5. The molecule has 0 amide bonds. The zero-order chi connectivity index (χ0) is 12.3. The largest absolute Gasteiger partial charge is 0.370 e. The Morgan fingerprint density at radius 1 is 1.29 bits per heavy atom. The van der Waals surface area contributed by atoms with Crippen LogP contribution in [0.15, 0.2) is 6.07 Å². The lowest BCUT2D eigenvalue weighted by atomic mass is 10.2. The number of rotatable bonds is 4. The maximum absolute atomic E-state index is 5.53. The first kappa shape index (κ1) is 12.3. The Labute approximate surface area is 102 Å². The molecule has 2 heterocycles. The van der Waals surface area contributed by atoms with Gasteiger partial charge in [-0.05, 0) is 20.8 Å². The van der Waals surface area contributed by atoms with E-state index in [1.165, 1.54) is 0 Å². The van der Waals surface area contributed by atoms with E-state index in [1.54, 1.807) is 0 Å². The summed E-state index contributed by atoms with van der Waals surface area (Å²) < 4.78 is 11.1. The van der Waals surface area contributed by atoms with Crippen molar-refractivity contribution >= 4 is 5.82 Å². The van der Waals surface area contributed by atoms with E-state index in [1.807, 2.05) is 26.8 Å². The van der Waals surface area contributed by atoms with E-state index in [-0.39, 0.29) is 0 Å². The fourth-order valence-corrected chi connectivity index (χ4v) is 1.93. The Hall–Kier alpha value is -1.20. The zero-order valence-corrected chi connectivity index (χ0v) is 10.6. The molecule has 0 aromatic carbocycles. The van der Waals surface area contributed by atoms with Gasteiger partial charge in [-0.3, -0.25) is 0 Å². The van der Waals surface area contributed by atoms with Gasteiger partial charge in [-0.25, -0.2) is 9.97 Å². The normalized spacial score (nSPS) is 18.3. The molecule has 0 radical (unpaired) electrons. The average molecular weight is 237 g/mol. The fraction of sp³-hybridized carbons (Fsp3) is 0.667. The highest BCUT2D eigenvalue weighted by Gasteiger charge is 2.30. The van der Waals surface area contributed by atoms with Crippen molar-refractivity contribution in [1.82, 2.24) is 9.97 Å². The SMILES string of the molecule is Cc1cc(NCCC2(C)OCCO2)nc(C)n1. The Morgan fingerprint density at radius 3 is 2.65 bits per heavy atom. The number of ether oxygens (including phenoxy) is 2. The van der Waals surface area contributed by atoms with Gasteiger partial charge in [0, 0.05) is 24.7 Å². The van der Waals surface area contributed by atoms with Crippen LogP contribution in [-0.4, -0.2) is 35.5 Å². The summed E-state index contributed by atoms with van der Waals surface area (Å²) >= 11 is 0. The summed E-state index contributed by atoms with van der Waals surface area (Å²) in [5.74, 6) is 1.20.